The second-order valence-electron chi connectivity index (χ2n) is 7.12. The number of anilines is 1. The molecule has 0 bridgehead atoms. The van der Waals surface area contributed by atoms with E-state index in [0.29, 0.717) is 45.6 Å². The summed E-state index contributed by atoms with van der Waals surface area (Å²) in [6.07, 6.45) is 0.566. The number of carbonyl (C=O) groups is 2. The van der Waals surface area contributed by atoms with Gasteiger partial charge < -0.3 is 15.0 Å². The number of nitrogens with zero attached hydrogens (tertiary/aromatic N) is 3. The quantitative estimate of drug-likeness (QED) is 0.769. The summed E-state index contributed by atoms with van der Waals surface area (Å²) in [5, 5.41) is 2.89. The average Bonchev–Trinajstić information content (AvgIpc) is 2.75. The Bertz CT molecular complexity index is 801. The molecule has 160 valence electrons. The summed E-state index contributed by atoms with van der Waals surface area (Å²) in [5.41, 5.74) is 0.743. The topological polar surface area (TPSA) is 99.3 Å². The summed E-state index contributed by atoms with van der Waals surface area (Å²) in [4.78, 5) is 25.7. The molecule has 2 aliphatic heterocycles. The number of benzene rings is 1. The molecule has 2 fully saturated rings. The van der Waals surface area contributed by atoms with Gasteiger partial charge >= 0.3 is 6.09 Å². The van der Waals surface area contributed by atoms with Gasteiger partial charge in [0.2, 0.25) is 5.91 Å². The van der Waals surface area contributed by atoms with E-state index in [9.17, 15) is 18.0 Å². The highest BCUT2D eigenvalue weighted by molar-refractivity contribution is 7.86. The van der Waals surface area contributed by atoms with Crippen molar-refractivity contribution in [3.05, 3.63) is 30.3 Å². The highest BCUT2D eigenvalue weighted by Gasteiger charge is 2.37. The molecule has 0 aromatic heterocycles. The van der Waals surface area contributed by atoms with Crippen LogP contribution in [0.1, 0.15) is 19.8 Å². The molecule has 3 rings (SSSR count). The first-order valence-corrected chi connectivity index (χ1v) is 11.3. The Hall–Kier alpha value is -2.17. The van der Waals surface area contributed by atoms with Gasteiger partial charge in [-0.1, -0.05) is 18.2 Å². The summed E-state index contributed by atoms with van der Waals surface area (Å²) in [6, 6.07) is 9.24. The number of piperidine rings is 1. The minimum absolute atomic E-state index is 0.0729. The van der Waals surface area contributed by atoms with Gasteiger partial charge in [-0.05, 0) is 31.9 Å². The van der Waals surface area contributed by atoms with Crippen LogP contribution in [0.25, 0.3) is 0 Å². The number of carbonyl (C=O) groups excluding carboxylic acids is 2. The zero-order chi connectivity index (χ0) is 20.9. The van der Waals surface area contributed by atoms with E-state index in [0.717, 1.165) is 5.69 Å². The van der Waals surface area contributed by atoms with Crippen molar-refractivity contribution in [2.45, 2.75) is 19.8 Å². The summed E-state index contributed by atoms with van der Waals surface area (Å²) in [6.45, 7) is 3.78. The Morgan fingerprint density at radius 1 is 1.00 bits per heavy atom. The number of para-hydroxylation sites is 1. The van der Waals surface area contributed by atoms with Gasteiger partial charge in [0.05, 0.1) is 6.61 Å². The van der Waals surface area contributed by atoms with E-state index in [1.807, 2.05) is 30.3 Å². The molecule has 0 atom stereocenters. The number of amides is 2. The van der Waals surface area contributed by atoms with Crippen LogP contribution in [-0.2, 0) is 19.7 Å². The van der Waals surface area contributed by atoms with Gasteiger partial charge in [0.1, 0.15) is 0 Å². The van der Waals surface area contributed by atoms with Gasteiger partial charge in [-0.3, -0.25) is 4.79 Å². The van der Waals surface area contributed by atoms with E-state index in [2.05, 4.69) is 5.32 Å². The molecule has 9 nitrogen and oxygen atoms in total. The molecule has 0 spiro atoms. The van der Waals surface area contributed by atoms with Crippen LogP contribution in [0.5, 0.6) is 0 Å². The number of ether oxygens (including phenoxy) is 1. The lowest BCUT2D eigenvalue weighted by Gasteiger charge is -2.38. The maximum absolute atomic E-state index is 12.9. The monoisotopic (exact) mass is 424 g/mol. The van der Waals surface area contributed by atoms with Crippen LogP contribution in [0.2, 0.25) is 0 Å². The molecule has 2 saturated heterocycles. The first-order chi connectivity index (χ1) is 13.9. The molecule has 29 heavy (non-hydrogen) atoms. The molecule has 0 saturated carbocycles. The largest absolute Gasteiger partial charge is 0.450 e. The van der Waals surface area contributed by atoms with Gasteiger partial charge in [0, 0.05) is 50.9 Å². The highest BCUT2D eigenvalue weighted by atomic mass is 32.2. The van der Waals surface area contributed by atoms with Crippen LogP contribution >= 0.6 is 0 Å². The molecule has 1 aromatic carbocycles. The lowest BCUT2D eigenvalue weighted by molar-refractivity contribution is -0.120. The zero-order valence-corrected chi connectivity index (χ0v) is 17.4. The number of hydrogen-bond donors (Lipinski definition) is 1. The van der Waals surface area contributed by atoms with Crippen LogP contribution in [0.15, 0.2) is 30.3 Å². The highest BCUT2D eigenvalue weighted by Crippen LogP contribution is 2.23. The summed E-state index contributed by atoms with van der Waals surface area (Å²) in [7, 11) is -3.60. The zero-order valence-electron chi connectivity index (χ0n) is 16.6. The third kappa shape index (κ3) is 5.26. The number of piperazine rings is 1. The molecule has 2 heterocycles. The van der Waals surface area contributed by atoms with E-state index in [4.69, 9.17) is 4.74 Å². The first kappa shape index (κ1) is 21.5. The van der Waals surface area contributed by atoms with Gasteiger partial charge in [-0.2, -0.15) is 17.0 Å². The molecule has 2 amide bonds. The van der Waals surface area contributed by atoms with E-state index in [1.54, 1.807) is 6.92 Å². The lowest BCUT2D eigenvalue weighted by atomic mass is 9.97. The lowest BCUT2D eigenvalue weighted by Crippen LogP contribution is -2.55. The van der Waals surface area contributed by atoms with E-state index in [-0.39, 0.29) is 24.9 Å². The summed E-state index contributed by atoms with van der Waals surface area (Å²) < 4.78 is 33.7. The van der Waals surface area contributed by atoms with Crippen LogP contribution in [0, 0.1) is 5.92 Å². The third-order valence-corrected chi connectivity index (χ3v) is 7.32. The van der Waals surface area contributed by atoms with Gasteiger partial charge in [-0.25, -0.2) is 4.79 Å². The van der Waals surface area contributed by atoms with Crippen molar-refractivity contribution in [3.63, 3.8) is 0 Å². The molecule has 2 aliphatic rings. The molecule has 1 N–H and O–H groups in total. The number of rotatable bonds is 5. The van der Waals surface area contributed by atoms with E-state index >= 15 is 0 Å². The van der Waals surface area contributed by atoms with Crippen LogP contribution in [0.4, 0.5) is 10.5 Å². The molecular formula is C19H28N4O5S. The van der Waals surface area contributed by atoms with Gasteiger partial charge in [0.25, 0.3) is 10.2 Å². The minimum atomic E-state index is -3.60. The standard InChI is InChI=1S/C19H28N4O5S/c1-2-28-19(25)21-12-14-23(15-13-21)29(26,27)22-10-8-16(9-11-22)18(24)20-17-6-4-3-5-7-17/h3-7,16H,2,8-15H2,1H3,(H,20,24). The Labute approximate surface area is 171 Å². The van der Waals surface area contributed by atoms with Crippen molar-refractivity contribution >= 4 is 27.9 Å². The van der Waals surface area contributed by atoms with Crippen molar-refractivity contribution in [1.29, 1.82) is 0 Å². The van der Waals surface area contributed by atoms with Crippen molar-refractivity contribution in [2.75, 3.05) is 51.2 Å². The molecule has 0 unspecified atom stereocenters. The van der Waals surface area contributed by atoms with Crippen LogP contribution in [-0.4, -0.2) is 79.8 Å². The normalized spacial score (nSPS) is 19.7. The first-order valence-electron chi connectivity index (χ1n) is 9.94. The van der Waals surface area contributed by atoms with E-state index < -0.39 is 16.3 Å². The number of hydrogen-bond acceptors (Lipinski definition) is 5. The predicted octanol–water partition coefficient (Wildman–Crippen LogP) is 1.36. The Kier molecular flexibility index (Phi) is 7.09. The second-order valence-corrected chi connectivity index (χ2v) is 9.05. The fourth-order valence-corrected chi connectivity index (χ4v) is 5.22. The van der Waals surface area contributed by atoms with Crippen molar-refractivity contribution in [1.82, 2.24) is 13.5 Å². The maximum atomic E-state index is 12.9. The summed E-state index contributed by atoms with van der Waals surface area (Å²) >= 11 is 0. The smallest absolute Gasteiger partial charge is 0.409 e. The Balaban J connectivity index is 1.49. The molecule has 0 aliphatic carbocycles. The molecule has 10 heteroatoms. The summed E-state index contributed by atoms with van der Waals surface area (Å²) in [5.74, 6) is -0.279. The van der Waals surface area contributed by atoms with Crippen molar-refractivity contribution in [3.8, 4) is 0 Å². The fraction of sp³-hybridized carbons (Fsp3) is 0.579. The van der Waals surface area contributed by atoms with Crippen LogP contribution < -0.4 is 5.32 Å². The van der Waals surface area contributed by atoms with Crippen molar-refractivity contribution < 1.29 is 22.7 Å². The third-order valence-electron chi connectivity index (χ3n) is 5.28. The molecule has 1 aromatic rings. The SMILES string of the molecule is CCOC(=O)N1CCN(S(=O)(=O)N2CCC(C(=O)Nc3ccccc3)CC2)CC1. The van der Waals surface area contributed by atoms with Crippen molar-refractivity contribution in [2.24, 2.45) is 5.92 Å². The van der Waals surface area contributed by atoms with Gasteiger partial charge in [0.15, 0.2) is 0 Å². The van der Waals surface area contributed by atoms with Gasteiger partial charge in [-0.15, -0.1) is 0 Å². The molecule has 0 radical (unpaired) electrons. The fourth-order valence-electron chi connectivity index (χ4n) is 3.59. The molecular weight excluding hydrogens is 396 g/mol. The van der Waals surface area contributed by atoms with Crippen LogP contribution in [0.3, 0.4) is 0 Å². The second kappa shape index (κ2) is 9.55. The maximum Gasteiger partial charge on any atom is 0.409 e. The van der Waals surface area contributed by atoms with E-state index in [1.165, 1.54) is 13.5 Å². The average molecular weight is 425 g/mol. The predicted molar refractivity (Wildman–Crippen MR) is 108 cm³/mol. The Morgan fingerprint density at radius 2 is 1.59 bits per heavy atom. The Morgan fingerprint density at radius 3 is 2.17 bits per heavy atom. The number of nitrogens with one attached hydrogen (secondary N) is 1. The minimum Gasteiger partial charge on any atom is -0.450 e.